The Morgan fingerprint density at radius 1 is 0.714 bits per heavy atom. The molecule has 0 radical (unpaired) electrons. The third-order valence-corrected chi connectivity index (χ3v) is 4.10. The molecule has 28 heavy (non-hydrogen) atoms. The number of carbonyl (C=O) groups excluding carboxylic acids is 2. The number of hydrogen-bond donors (Lipinski definition) is 2. The van der Waals surface area contributed by atoms with Gasteiger partial charge in [0.2, 0.25) is 0 Å². The number of rotatable bonds is 8. The predicted molar refractivity (Wildman–Crippen MR) is 109 cm³/mol. The molecule has 142 valence electrons. The molecule has 0 heterocycles. The Bertz CT molecular complexity index is 911. The van der Waals surface area contributed by atoms with Crippen LogP contribution in [0.15, 0.2) is 84.9 Å². The summed E-state index contributed by atoms with van der Waals surface area (Å²) in [5.41, 5.74) is 2.56. The fourth-order valence-corrected chi connectivity index (χ4v) is 2.71. The SMILES string of the molecule is O=C(COc1ccccc1-c1ccccc1)NCCNC(=O)c1ccccc1. The molecule has 0 spiro atoms. The third kappa shape index (κ3) is 5.45. The minimum absolute atomic E-state index is 0.0868. The zero-order valence-electron chi connectivity index (χ0n) is 15.4. The summed E-state index contributed by atoms with van der Waals surface area (Å²) in [5.74, 6) is 0.251. The molecule has 0 aliphatic heterocycles. The molecule has 0 fully saturated rings. The number of benzene rings is 3. The van der Waals surface area contributed by atoms with Crippen LogP contribution in [-0.2, 0) is 4.79 Å². The van der Waals surface area contributed by atoms with E-state index in [2.05, 4.69) is 10.6 Å². The first kappa shape index (κ1) is 19.2. The van der Waals surface area contributed by atoms with Crippen LogP contribution in [0.3, 0.4) is 0 Å². The summed E-state index contributed by atoms with van der Waals surface area (Å²) in [4.78, 5) is 24.0. The van der Waals surface area contributed by atoms with Crippen LogP contribution in [0, 0.1) is 0 Å². The molecule has 0 unspecified atom stereocenters. The monoisotopic (exact) mass is 374 g/mol. The fourth-order valence-electron chi connectivity index (χ4n) is 2.71. The molecule has 0 aromatic heterocycles. The van der Waals surface area contributed by atoms with Gasteiger partial charge in [-0.15, -0.1) is 0 Å². The van der Waals surface area contributed by atoms with Crippen molar-refractivity contribution in [3.8, 4) is 16.9 Å². The molecular weight excluding hydrogens is 352 g/mol. The molecule has 0 saturated carbocycles. The van der Waals surface area contributed by atoms with E-state index in [9.17, 15) is 9.59 Å². The Morgan fingerprint density at radius 2 is 1.32 bits per heavy atom. The number of carbonyl (C=O) groups is 2. The zero-order valence-corrected chi connectivity index (χ0v) is 15.4. The highest BCUT2D eigenvalue weighted by atomic mass is 16.5. The van der Waals surface area contributed by atoms with E-state index in [0.29, 0.717) is 24.4 Å². The van der Waals surface area contributed by atoms with Crippen molar-refractivity contribution < 1.29 is 14.3 Å². The van der Waals surface area contributed by atoms with Gasteiger partial charge in [-0.25, -0.2) is 0 Å². The van der Waals surface area contributed by atoms with Gasteiger partial charge in [-0.05, 0) is 23.8 Å². The topological polar surface area (TPSA) is 67.4 Å². The Labute approximate surface area is 164 Å². The Hall–Kier alpha value is -3.60. The van der Waals surface area contributed by atoms with Crippen molar-refractivity contribution in [1.29, 1.82) is 0 Å². The molecule has 0 saturated heterocycles. The van der Waals surface area contributed by atoms with E-state index in [1.807, 2.05) is 60.7 Å². The van der Waals surface area contributed by atoms with Crippen molar-refractivity contribution in [2.24, 2.45) is 0 Å². The van der Waals surface area contributed by atoms with E-state index in [4.69, 9.17) is 4.74 Å². The Balaban J connectivity index is 1.43. The average molecular weight is 374 g/mol. The summed E-state index contributed by atoms with van der Waals surface area (Å²) in [6.45, 7) is 0.595. The third-order valence-electron chi connectivity index (χ3n) is 4.10. The lowest BCUT2D eigenvalue weighted by Crippen LogP contribution is -2.36. The maximum Gasteiger partial charge on any atom is 0.258 e. The van der Waals surface area contributed by atoms with Crippen molar-refractivity contribution in [1.82, 2.24) is 10.6 Å². The van der Waals surface area contributed by atoms with Crippen molar-refractivity contribution in [2.75, 3.05) is 19.7 Å². The maximum absolute atomic E-state index is 12.0. The van der Waals surface area contributed by atoms with Gasteiger partial charge in [0, 0.05) is 24.2 Å². The second-order valence-corrected chi connectivity index (χ2v) is 6.12. The molecule has 5 nitrogen and oxygen atoms in total. The molecular formula is C23H22N2O3. The summed E-state index contributed by atoms with van der Waals surface area (Å²) < 4.78 is 5.70. The van der Waals surface area contributed by atoms with Crippen molar-refractivity contribution in [2.45, 2.75) is 0 Å². The number of ether oxygens (including phenoxy) is 1. The predicted octanol–water partition coefficient (Wildman–Crippen LogP) is 3.28. The summed E-state index contributed by atoms with van der Waals surface area (Å²) in [5, 5.41) is 5.50. The molecule has 3 aromatic rings. The second kappa shape index (κ2) is 9.92. The van der Waals surface area contributed by atoms with Crippen LogP contribution >= 0.6 is 0 Å². The van der Waals surface area contributed by atoms with E-state index in [1.165, 1.54) is 0 Å². The van der Waals surface area contributed by atoms with E-state index in [0.717, 1.165) is 11.1 Å². The van der Waals surface area contributed by atoms with Gasteiger partial charge in [0.1, 0.15) is 5.75 Å². The van der Waals surface area contributed by atoms with Crippen LogP contribution in [0.4, 0.5) is 0 Å². The standard InChI is InChI=1S/C23H22N2O3/c26-22(24-15-16-25-23(27)19-11-5-2-6-12-19)17-28-21-14-8-7-13-20(21)18-9-3-1-4-10-18/h1-14H,15-17H2,(H,24,26)(H,25,27). The summed E-state index contributed by atoms with van der Waals surface area (Å²) in [6, 6.07) is 26.4. The van der Waals surface area contributed by atoms with Gasteiger partial charge in [-0.1, -0.05) is 66.7 Å². The van der Waals surface area contributed by atoms with Crippen LogP contribution in [0.1, 0.15) is 10.4 Å². The molecule has 3 aromatic carbocycles. The number of para-hydroxylation sites is 1. The molecule has 2 N–H and O–H groups in total. The number of amides is 2. The molecule has 0 aliphatic carbocycles. The largest absolute Gasteiger partial charge is 0.483 e. The summed E-state index contributed by atoms with van der Waals surface area (Å²) in [7, 11) is 0. The van der Waals surface area contributed by atoms with Gasteiger partial charge in [-0.2, -0.15) is 0 Å². The second-order valence-electron chi connectivity index (χ2n) is 6.12. The van der Waals surface area contributed by atoms with Crippen LogP contribution < -0.4 is 15.4 Å². The van der Waals surface area contributed by atoms with Crippen LogP contribution in [0.25, 0.3) is 11.1 Å². The molecule has 0 bridgehead atoms. The van der Waals surface area contributed by atoms with Crippen molar-refractivity contribution >= 4 is 11.8 Å². The average Bonchev–Trinajstić information content (AvgIpc) is 2.76. The van der Waals surface area contributed by atoms with Gasteiger partial charge in [0.15, 0.2) is 6.61 Å². The van der Waals surface area contributed by atoms with Crippen molar-refractivity contribution in [3.05, 3.63) is 90.5 Å². The van der Waals surface area contributed by atoms with Crippen LogP contribution in [0.5, 0.6) is 5.75 Å². The van der Waals surface area contributed by atoms with Crippen LogP contribution in [-0.4, -0.2) is 31.5 Å². The number of hydrogen-bond acceptors (Lipinski definition) is 3. The highest BCUT2D eigenvalue weighted by Gasteiger charge is 2.08. The fraction of sp³-hybridized carbons (Fsp3) is 0.130. The zero-order chi connectivity index (χ0) is 19.6. The highest BCUT2D eigenvalue weighted by molar-refractivity contribution is 5.94. The first-order chi connectivity index (χ1) is 13.7. The molecule has 3 rings (SSSR count). The van der Waals surface area contributed by atoms with E-state index >= 15 is 0 Å². The van der Waals surface area contributed by atoms with E-state index in [-0.39, 0.29) is 18.4 Å². The van der Waals surface area contributed by atoms with Gasteiger partial charge in [0.25, 0.3) is 11.8 Å². The van der Waals surface area contributed by atoms with Crippen LogP contribution in [0.2, 0.25) is 0 Å². The van der Waals surface area contributed by atoms with Gasteiger partial charge in [0.05, 0.1) is 0 Å². The summed E-state index contributed by atoms with van der Waals surface area (Å²) >= 11 is 0. The Morgan fingerprint density at radius 3 is 2.07 bits per heavy atom. The van der Waals surface area contributed by atoms with Gasteiger partial charge >= 0.3 is 0 Å². The Kier molecular flexibility index (Phi) is 6.79. The first-order valence-electron chi connectivity index (χ1n) is 9.11. The minimum atomic E-state index is -0.239. The highest BCUT2D eigenvalue weighted by Crippen LogP contribution is 2.29. The quantitative estimate of drug-likeness (QED) is 0.595. The molecule has 5 heteroatoms. The minimum Gasteiger partial charge on any atom is -0.483 e. The van der Waals surface area contributed by atoms with Gasteiger partial charge in [-0.3, -0.25) is 9.59 Å². The van der Waals surface area contributed by atoms with E-state index < -0.39 is 0 Å². The number of nitrogens with one attached hydrogen (secondary N) is 2. The lowest BCUT2D eigenvalue weighted by atomic mass is 10.1. The van der Waals surface area contributed by atoms with Gasteiger partial charge < -0.3 is 15.4 Å². The van der Waals surface area contributed by atoms with E-state index in [1.54, 1.807) is 24.3 Å². The normalized spacial score (nSPS) is 10.1. The maximum atomic E-state index is 12.0. The smallest absolute Gasteiger partial charge is 0.258 e. The lowest BCUT2D eigenvalue weighted by molar-refractivity contribution is -0.123. The lowest BCUT2D eigenvalue weighted by Gasteiger charge is -2.12. The first-order valence-corrected chi connectivity index (χ1v) is 9.11. The summed E-state index contributed by atoms with van der Waals surface area (Å²) in [6.07, 6.45) is 0. The molecule has 0 aliphatic rings. The molecule has 2 amide bonds. The van der Waals surface area contributed by atoms with Crippen molar-refractivity contribution in [3.63, 3.8) is 0 Å². The molecule has 0 atom stereocenters.